The number of H-pyrrole nitrogens is 1. The smallest absolute Gasteiger partial charge is 0.0650 e. The standard InChI is InChI=1S/C10H8.C7H6N2/c1-2-6-10-8-4-3-7-9(10)5-1;1-2-4-7-6(3-1)5-8-9-7/h1-8H;1-5H,(H,8,9). The zero-order valence-corrected chi connectivity index (χ0v) is 10.5. The zero-order chi connectivity index (χ0) is 12.9. The van der Waals surface area contributed by atoms with E-state index in [0.717, 1.165) is 10.9 Å². The van der Waals surface area contributed by atoms with Crippen LogP contribution in [0.1, 0.15) is 0 Å². The van der Waals surface area contributed by atoms with Crippen LogP contribution in [0.3, 0.4) is 0 Å². The van der Waals surface area contributed by atoms with Gasteiger partial charge < -0.3 is 0 Å². The van der Waals surface area contributed by atoms with Crippen molar-refractivity contribution in [3.8, 4) is 0 Å². The highest BCUT2D eigenvalue weighted by Gasteiger charge is 1.88. The Hall–Kier alpha value is -2.61. The molecule has 0 spiro atoms. The lowest BCUT2D eigenvalue weighted by atomic mass is 10.1. The summed E-state index contributed by atoms with van der Waals surface area (Å²) in [5.74, 6) is 0. The molecule has 0 radical (unpaired) electrons. The van der Waals surface area contributed by atoms with Crippen molar-refractivity contribution in [3.63, 3.8) is 0 Å². The number of rotatable bonds is 0. The number of benzene rings is 3. The molecule has 0 atom stereocenters. The minimum Gasteiger partial charge on any atom is -0.278 e. The highest BCUT2D eigenvalue weighted by molar-refractivity contribution is 5.82. The van der Waals surface area contributed by atoms with Crippen molar-refractivity contribution in [2.45, 2.75) is 0 Å². The largest absolute Gasteiger partial charge is 0.278 e. The molecule has 1 N–H and O–H groups in total. The topological polar surface area (TPSA) is 28.7 Å². The van der Waals surface area contributed by atoms with Gasteiger partial charge in [0.1, 0.15) is 0 Å². The summed E-state index contributed by atoms with van der Waals surface area (Å²) in [6.07, 6.45) is 1.81. The number of hydrogen-bond donors (Lipinski definition) is 1. The first-order chi connectivity index (χ1) is 9.43. The van der Waals surface area contributed by atoms with Crippen molar-refractivity contribution in [1.29, 1.82) is 0 Å². The molecule has 4 rings (SSSR count). The van der Waals surface area contributed by atoms with Gasteiger partial charge in [-0.2, -0.15) is 5.10 Å². The summed E-state index contributed by atoms with van der Waals surface area (Å²) in [6.45, 7) is 0. The zero-order valence-electron chi connectivity index (χ0n) is 10.5. The van der Waals surface area contributed by atoms with E-state index in [1.54, 1.807) is 0 Å². The van der Waals surface area contributed by atoms with Crippen LogP contribution in [0.4, 0.5) is 0 Å². The van der Waals surface area contributed by atoms with Crippen molar-refractivity contribution in [3.05, 3.63) is 79.0 Å². The Morgan fingerprint density at radius 1 is 0.579 bits per heavy atom. The number of aromatic amines is 1. The highest BCUT2D eigenvalue weighted by Crippen LogP contribution is 2.11. The fourth-order valence-corrected chi connectivity index (χ4v) is 2.02. The van der Waals surface area contributed by atoms with E-state index in [0.29, 0.717) is 0 Å². The Morgan fingerprint density at radius 3 is 1.58 bits per heavy atom. The molecule has 0 saturated carbocycles. The van der Waals surface area contributed by atoms with Gasteiger partial charge in [0, 0.05) is 5.39 Å². The molecule has 3 aromatic carbocycles. The van der Waals surface area contributed by atoms with Gasteiger partial charge in [0.15, 0.2) is 0 Å². The van der Waals surface area contributed by atoms with Gasteiger partial charge in [-0.25, -0.2) is 0 Å². The van der Waals surface area contributed by atoms with Crippen molar-refractivity contribution < 1.29 is 0 Å². The fraction of sp³-hybridized carbons (Fsp3) is 0. The molecule has 0 fully saturated rings. The number of nitrogens with one attached hydrogen (secondary N) is 1. The maximum Gasteiger partial charge on any atom is 0.0650 e. The Labute approximate surface area is 111 Å². The summed E-state index contributed by atoms with van der Waals surface area (Å²) >= 11 is 0. The van der Waals surface area contributed by atoms with E-state index in [1.165, 1.54) is 10.8 Å². The molecule has 1 aromatic heterocycles. The number of hydrogen-bond acceptors (Lipinski definition) is 1. The molecule has 0 bridgehead atoms. The van der Waals surface area contributed by atoms with Crippen LogP contribution in [0.5, 0.6) is 0 Å². The fourth-order valence-electron chi connectivity index (χ4n) is 2.02. The van der Waals surface area contributed by atoms with Gasteiger partial charge in [-0.05, 0) is 16.8 Å². The number of para-hydroxylation sites is 1. The predicted octanol–water partition coefficient (Wildman–Crippen LogP) is 4.40. The first kappa shape index (κ1) is 11.5. The van der Waals surface area contributed by atoms with E-state index in [9.17, 15) is 0 Å². The van der Waals surface area contributed by atoms with E-state index >= 15 is 0 Å². The van der Waals surface area contributed by atoms with Crippen LogP contribution in [-0.4, -0.2) is 10.2 Å². The summed E-state index contributed by atoms with van der Waals surface area (Å²) < 4.78 is 0. The van der Waals surface area contributed by atoms with E-state index in [4.69, 9.17) is 0 Å². The second kappa shape index (κ2) is 5.36. The van der Waals surface area contributed by atoms with E-state index < -0.39 is 0 Å². The number of nitrogens with zero attached hydrogens (tertiary/aromatic N) is 1. The molecule has 0 amide bonds. The normalized spacial score (nSPS) is 10.1. The molecule has 92 valence electrons. The third-order valence-electron chi connectivity index (χ3n) is 3.01. The molecule has 0 saturated heterocycles. The van der Waals surface area contributed by atoms with Crippen LogP contribution in [0.15, 0.2) is 79.0 Å². The summed E-state index contributed by atoms with van der Waals surface area (Å²) in [5, 5.41) is 10.5. The Bertz CT molecular complexity index is 691. The molecule has 4 aromatic rings. The molecule has 2 nitrogen and oxygen atoms in total. The van der Waals surface area contributed by atoms with Crippen molar-refractivity contribution >= 4 is 21.7 Å². The third-order valence-corrected chi connectivity index (χ3v) is 3.01. The number of fused-ring (bicyclic) bond motifs is 2. The van der Waals surface area contributed by atoms with Gasteiger partial charge in [-0.3, -0.25) is 5.10 Å². The van der Waals surface area contributed by atoms with Crippen LogP contribution in [0.2, 0.25) is 0 Å². The minimum atomic E-state index is 1.09. The van der Waals surface area contributed by atoms with Crippen molar-refractivity contribution in [2.75, 3.05) is 0 Å². The highest BCUT2D eigenvalue weighted by atomic mass is 15.1. The molecule has 19 heavy (non-hydrogen) atoms. The lowest BCUT2D eigenvalue weighted by Gasteiger charge is -1.92. The first-order valence-corrected chi connectivity index (χ1v) is 6.25. The maximum absolute atomic E-state index is 3.88. The SMILES string of the molecule is c1ccc2[nH]ncc2c1.c1ccc2ccccc2c1. The van der Waals surface area contributed by atoms with Crippen LogP contribution in [0.25, 0.3) is 21.7 Å². The quantitative estimate of drug-likeness (QED) is 0.489. The Kier molecular flexibility index (Phi) is 3.24. The third kappa shape index (κ3) is 2.63. The monoisotopic (exact) mass is 246 g/mol. The molecule has 0 aliphatic rings. The second-order valence-electron chi connectivity index (χ2n) is 4.30. The van der Waals surface area contributed by atoms with Crippen molar-refractivity contribution in [2.24, 2.45) is 0 Å². The summed E-state index contributed by atoms with van der Waals surface area (Å²) in [4.78, 5) is 0. The molecule has 2 heteroatoms. The molecule has 0 aliphatic heterocycles. The lowest BCUT2D eigenvalue weighted by molar-refractivity contribution is 1.12. The van der Waals surface area contributed by atoms with Gasteiger partial charge >= 0.3 is 0 Å². The van der Waals surface area contributed by atoms with Gasteiger partial charge in [-0.1, -0.05) is 66.7 Å². The van der Waals surface area contributed by atoms with Crippen LogP contribution < -0.4 is 0 Å². The molecular weight excluding hydrogens is 232 g/mol. The molecule has 0 aliphatic carbocycles. The van der Waals surface area contributed by atoms with E-state index in [1.807, 2.05) is 30.5 Å². The lowest BCUT2D eigenvalue weighted by Crippen LogP contribution is -1.67. The van der Waals surface area contributed by atoms with Crippen LogP contribution in [0, 0.1) is 0 Å². The van der Waals surface area contributed by atoms with E-state index in [2.05, 4.69) is 58.7 Å². The summed E-state index contributed by atoms with van der Waals surface area (Å²) in [7, 11) is 0. The van der Waals surface area contributed by atoms with Crippen LogP contribution in [-0.2, 0) is 0 Å². The van der Waals surface area contributed by atoms with Gasteiger partial charge in [-0.15, -0.1) is 0 Å². The van der Waals surface area contributed by atoms with Crippen molar-refractivity contribution in [1.82, 2.24) is 10.2 Å². The first-order valence-electron chi connectivity index (χ1n) is 6.25. The predicted molar refractivity (Wildman–Crippen MR) is 80.0 cm³/mol. The minimum absolute atomic E-state index is 1.09. The van der Waals surface area contributed by atoms with E-state index in [-0.39, 0.29) is 0 Å². The summed E-state index contributed by atoms with van der Waals surface area (Å²) in [5.41, 5.74) is 1.09. The average molecular weight is 246 g/mol. The van der Waals surface area contributed by atoms with Crippen LogP contribution >= 0.6 is 0 Å². The summed E-state index contributed by atoms with van der Waals surface area (Å²) in [6, 6.07) is 24.7. The number of aromatic nitrogens is 2. The second-order valence-corrected chi connectivity index (χ2v) is 4.30. The Balaban J connectivity index is 0.000000117. The molecular formula is C17H14N2. The molecule has 0 unspecified atom stereocenters. The van der Waals surface area contributed by atoms with Gasteiger partial charge in [0.05, 0.1) is 11.7 Å². The van der Waals surface area contributed by atoms with Gasteiger partial charge in [0.2, 0.25) is 0 Å². The molecule has 1 heterocycles. The Morgan fingerprint density at radius 2 is 1.05 bits per heavy atom. The average Bonchev–Trinajstić information content (AvgIpc) is 2.96. The van der Waals surface area contributed by atoms with Gasteiger partial charge in [0.25, 0.3) is 0 Å². The maximum atomic E-state index is 3.88.